The third kappa shape index (κ3) is 4.54. The highest BCUT2D eigenvalue weighted by atomic mass is 32.2. The molecule has 1 unspecified atom stereocenters. The maximum atomic E-state index is 14.2. The Morgan fingerprint density at radius 1 is 1.07 bits per heavy atom. The Balaban J connectivity index is 1.31. The van der Waals surface area contributed by atoms with E-state index in [-0.39, 0.29) is 17.1 Å². The molecule has 0 N–H and O–H groups in total. The lowest BCUT2D eigenvalue weighted by molar-refractivity contribution is -0.133. The molecule has 7 heteroatoms. The SMILES string of the molecule is O=C(CN1CCN(Cc2ccsc2)CC1)N1CCSC1c1ccccc1F. The van der Waals surface area contributed by atoms with E-state index in [0.29, 0.717) is 18.7 Å². The fraction of sp³-hybridized carbons (Fsp3) is 0.450. The van der Waals surface area contributed by atoms with E-state index < -0.39 is 0 Å². The largest absolute Gasteiger partial charge is 0.325 e. The van der Waals surface area contributed by atoms with Gasteiger partial charge < -0.3 is 4.90 Å². The van der Waals surface area contributed by atoms with Crippen LogP contribution < -0.4 is 0 Å². The topological polar surface area (TPSA) is 26.8 Å². The smallest absolute Gasteiger partial charge is 0.237 e. The Labute approximate surface area is 167 Å². The van der Waals surface area contributed by atoms with E-state index in [4.69, 9.17) is 0 Å². The maximum Gasteiger partial charge on any atom is 0.237 e. The average molecular weight is 406 g/mol. The standard InChI is InChI=1S/C20H24FN3OS2/c21-18-4-2-1-3-17(18)20-24(10-12-27-20)19(25)14-23-8-6-22(7-9-23)13-16-5-11-26-15-16/h1-5,11,15,20H,6-10,12-14H2. The van der Waals surface area contributed by atoms with E-state index in [0.717, 1.165) is 38.5 Å². The molecule has 0 aliphatic carbocycles. The fourth-order valence-corrected chi connectivity index (χ4v) is 5.65. The van der Waals surface area contributed by atoms with Gasteiger partial charge in [-0.05, 0) is 28.5 Å². The van der Waals surface area contributed by atoms with Crippen molar-refractivity contribution >= 4 is 29.0 Å². The number of halogens is 1. The van der Waals surface area contributed by atoms with Crippen molar-refractivity contribution < 1.29 is 9.18 Å². The van der Waals surface area contributed by atoms with Crippen LogP contribution in [0, 0.1) is 5.82 Å². The van der Waals surface area contributed by atoms with Gasteiger partial charge in [-0.25, -0.2) is 4.39 Å². The Kier molecular flexibility index (Phi) is 6.12. The molecule has 4 nitrogen and oxygen atoms in total. The monoisotopic (exact) mass is 405 g/mol. The highest BCUT2D eigenvalue weighted by Gasteiger charge is 2.33. The summed E-state index contributed by atoms with van der Waals surface area (Å²) in [5.41, 5.74) is 1.99. The molecule has 1 amide bonds. The molecule has 2 aromatic rings. The number of nitrogens with zero attached hydrogens (tertiary/aromatic N) is 3. The molecule has 0 saturated carbocycles. The van der Waals surface area contributed by atoms with Gasteiger partial charge in [0.15, 0.2) is 0 Å². The lowest BCUT2D eigenvalue weighted by Gasteiger charge is -2.35. The summed E-state index contributed by atoms with van der Waals surface area (Å²) in [7, 11) is 0. The van der Waals surface area contributed by atoms with E-state index in [9.17, 15) is 9.18 Å². The van der Waals surface area contributed by atoms with Crippen molar-refractivity contribution in [3.8, 4) is 0 Å². The molecule has 27 heavy (non-hydrogen) atoms. The molecule has 0 radical (unpaired) electrons. The predicted molar refractivity (Wildman–Crippen MR) is 109 cm³/mol. The first-order valence-corrected chi connectivity index (χ1v) is 11.3. The van der Waals surface area contributed by atoms with E-state index in [1.165, 1.54) is 11.6 Å². The van der Waals surface area contributed by atoms with Crippen LogP contribution in [0.4, 0.5) is 4.39 Å². The van der Waals surface area contributed by atoms with Gasteiger partial charge in [-0.15, -0.1) is 11.8 Å². The van der Waals surface area contributed by atoms with Gasteiger partial charge in [0.05, 0.1) is 6.54 Å². The van der Waals surface area contributed by atoms with Crippen molar-refractivity contribution in [3.05, 3.63) is 58.0 Å². The van der Waals surface area contributed by atoms with Gasteiger partial charge in [0.1, 0.15) is 11.2 Å². The van der Waals surface area contributed by atoms with Crippen LogP contribution in [0.25, 0.3) is 0 Å². The zero-order valence-electron chi connectivity index (χ0n) is 15.2. The van der Waals surface area contributed by atoms with Crippen molar-refractivity contribution in [2.24, 2.45) is 0 Å². The molecule has 0 spiro atoms. The third-order valence-corrected chi connectivity index (χ3v) is 7.17. The number of thioether (sulfide) groups is 1. The van der Waals surface area contributed by atoms with Crippen molar-refractivity contribution in [2.75, 3.05) is 45.0 Å². The van der Waals surface area contributed by atoms with Gasteiger partial charge in [0.25, 0.3) is 0 Å². The van der Waals surface area contributed by atoms with Crippen LogP contribution in [-0.2, 0) is 11.3 Å². The van der Waals surface area contributed by atoms with Crippen molar-refractivity contribution in [3.63, 3.8) is 0 Å². The normalized spacial score (nSPS) is 21.7. The number of carbonyl (C=O) groups excluding carboxylic acids is 1. The minimum absolute atomic E-state index is 0.111. The van der Waals surface area contributed by atoms with E-state index in [1.807, 2.05) is 11.0 Å². The fourth-order valence-electron chi connectivity index (χ4n) is 3.69. The Morgan fingerprint density at radius 3 is 2.59 bits per heavy atom. The van der Waals surface area contributed by atoms with E-state index in [1.54, 1.807) is 35.2 Å². The predicted octanol–water partition coefficient (Wildman–Crippen LogP) is 3.28. The Hall–Kier alpha value is -1.41. The van der Waals surface area contributed by atoms with Gasteiger partial charge >= 0.3 is 0 Å². The van der Waals surface area contributed by atoms with E-state index >= 15 is 0 Å². The van der Waals surface area contributed by atoms with Crippen LogP contribution in [0.3, 0.4) is 0 Å². The molecule has 3 heterocycles. The number of piperazine rings is 1. The van der Waals surface area contributed by atoms with Crippen molar-refractivity contribution in [2.45, 2.75) is 11.9 Å². The molecule has 2 aliphatic heterocycles. The molecule has 2 fully saturated rings. The summed E-state index contributed by atoms with van der Waals surface area (Å²) in [4.78, 5) is 19.4. The van der Waals surface area contributed by atoms with Gasteiger partial charge in [-0.2, -0.15) is 11.3 Å². The summed E-state index contributed by atoms with van der Waals surface area (Å²) in [6.45, 7) is 5.88. The minimum atomic E-state index is -0.225. The summed E-state index contributed by atoms with van der Waals surface area (Å²) >= 11 is 3.38. The Bertz CT molecular complexity index is 762. The van der Waals surface area contributed by atoms with Gasteiger partial charge in [-0.1, -0.05) is 18.2 Å². The summed E-state index contributed by atoms with van der Waals surface area (Å²) in [5.74, 6) is 0.746. The maximum absolute atomic E-state index is 14.2. The lowest BCUT2D eigenvalue weighted by Crippen LogP contribution is -2.49. The Morgan fingerprint density at radius 2 is 1.85 bits per heavy atom. The van der Waals surface area contributed by atoms with Gasteiger partial charge in [0, 0.05) is 50.6 Å². The molecule has 144 valence electrons. The number of rotatable bonds is 5. The molecular formula is C20H24FN3OS2. The quantitative estimate of drug-likeness (QED) is 0.763. The molecule has 1 aromatic carbocycles. The van der Waals surface area contributed by atoms with Crippen LogP contribution in [0.2, 0.25) is 0 Å². The first-order chi connectivity index (χ1) is 13.2. The zero-order valence-corrected chi connectivity index (χ0v) is 16.9. The second kappa shape index (κ2) is 8.73. The summed E-state index contributed by atoms with van der Waals surface area (Å²) in [6, 6.07) is 8.98. The van der Waals surface area contributed by atoms with Crippen molar-refractivity contribution in [1.29, 1.82) is 0 Å². The minimum Gasteiger partial charge on any atom is -0.325 e. The van der Waals surface area contributed by atoms with Crippen molar-refractivity contribution in [1.82, 2.24) is 14.7 Å². The van der Waals surface area contributed by atoms with Crippen LogP contribution in [0.5, 0.6) is 0 Å². The molecule has 2 saturated heterocycles. The molecule has 2 aliphatic rings. The number of amides is 1. The zero-order chi connectivity index (χ0) is 18.6. The average Bonchev–Trinajstić information content (AvgIpc) is 3.35. The van der Waals surface area contributed by atoms with Crippen LogP contribution in [0.1, 0.15) is 16.5 Å². The van der Waals surface area contributed by atoms with Crippen LogP contribution in [-0.4, -0.2) is 65.6 Å². The van der Waals surface area contributed by atoms with Gasteiger partial charge in [0.2, 0.25) is 5.91 Å². The number of hydrogen-bond acceptors (Lipinski definition) is 5. The molecule has 1 atom stereocenters. The molecular weight excluding hydrogens is 381 g/mol. The first-order valence-electron chi connectivity index (χ1n) is 9.32. The second-order valence-corrected chi connectivity index (χ2v) is 8.98. The number of hydrogen-bond donors (Lipinski definition) is 0. The summed E-state index contributed by atoms with van der Waals surface area (Å²) in [6.07, 6.45) is 0. The summed E-state index contributed by atoms with van der Waals surface area (Å²) < 4.78 is 14.2. The molecule has 1 aromatic heterocycles. The highest BCUT2D eigenvalue weighted by molar-refractivity contribution is 7.99. The van der Waals surface area contributed by atoms with Gasteiger partial charge in [-0.3, -0.25) is 14.6 Å². The summed E-state index contributed by atoms with van der Waals surface area (Å²) in [5, 5.41) is 4.12. The second-order valence-electron chi connectivity index (χ2n) is 7.02. The third-order valence-electron chi connectivity index (χ3n) is 5.19. The number of thiophene rings is 1. The lowest BCUT2D eigenvalue weighted by atomic mass is 10.2. The number of benzene rings is 1. The molecule has 4 rings (SSSR count). The van der Waals surface area contributed by atoms with Crippen LogP contribution in [0.15, 0.2) is 41.1 Å². The first kappa shape index (κ1) is 18.9. The highest BCUT2D eigenvalue weighted by Crippen LogP contribution is 2.38. The molecule has 0 bridgehead atoms. The van der Waals surface area contributed by atoms with E-state index in [2.05, 4.69) is 26.6 Å². The number of carbonyl (C=O) groups is 1. The van der Waals surface area contributed by atoms with Crippen LogP contribution >= 0.6 is 23.1 Å².